The van der Waals surface area contributed by atoms with Crippen LogP contribution in [0, 0.1) is 11.3 Å². The van der Waals surface area contributed by atoms with Crippen LogP contribution in [0.15, 0.2) is 52.3 Å². The van der Waals surface area contributed by atoms with E-state index in [0.717, 1.165) is 5.41 Å². The molecule has 1 aliphatic heterocycles. The quantitative estimate of drug-likeness (QED) is 0.434. The molecule has 3 N–H and O–H groups in total. The molecule has 1 amide bonds. The Bertz CT molecular complexity index is 1120. The van der Waals surface area contributed by atoms with Crippen molar-refractivity contribution in [2.45, 2.75) is 4.90 Å². The number of hydrogen-bond donors (Lipinski definition) is 3. The zero-order chi connectivity index (χ0) is 18.9. The maximum Gasteiger partial charge on any atom is 0.266 e. The van der Waals surface area contributed by atoms with Crippen molar-refractivity contribution in [3.8, 4) is 17.6 Å². The minimum Gasteiger partial charge on any atom is -0.504 e. The van der Waals surface area contributed by atoms with Gasteiger partial charge in [0.25, 0.3) is 5.91 Å². The number of phenolic OH excluding ortho intramolecular Hbond substituents is 2. The van der Waals surface area contributed by atoms with Crippen molar-refractivity contribution in [3.05, 3.63) is 58.5 Å². The fourth-order valence-corrected chi connectivity index (χ4v) is 3.60. The Morgan fingerprint density at radius 1 is 1.12 bits per heavy atom. The van der Waals surface area contributed by atoms with Gasteiger partial charge in [0.1, 0.15) is 11.6 Å². The van der Waals surface area contributed by atoms with Gasteiger partial charge in [0.2, 0.25) is 9.84 Å². The molecule has 26 heavy (non-hydrogen) atoms. The number of carbonyl (C=O) groups excluding carboxylic acids is 1. The highest BCUT2D eigenvalue weighted by Gasteiger charge is 2.21. The number of nitrogens with zero attached hydrogens (tertiary/aromatic N) is 1. The van der Waals surface area contributed by atoms with E-state index in [9.17, 15) is 28.7 Å². The molecule has 2 aromatic rings. The normalized spacial score (nSPS) is 14.5. The van der Waals surface area contributed by atoms with E-state index in [4.69, 9.17) is 0 Å². The molecule has 0 aliphatic carbocycles. The number of nitriles is 1. The first-order valence-corrected chi connectivity index (χ1v) is 8.87. The van der Waals surface area contributed by atoms with Crippen LogP contribution in [0.1, 0.15) is 11.1 Å². The summed E-state index contributed by atoms with van der Waals surface area (Å²) < 4.78 is 23.7. The molecule has 0 fully saturated rings. The van der Waals surface area contributed by atoms with E-state index in [1.807, 2.05) is 0 Å². The number of sulfone groups is 1. The van der Waals surface area contributed by atoms with Gasteiger partial charge in [0, 0.05) is 11.1 Å². The first-order valence-electron chi connectivity index (χ1n) is 7.32. The second-order valence-electron chi connectivity index (χ2n) is 5.47. The summed E-state index contributed by atoms with van der Waals surface area (Å²) in [5.74, 6) is -1.44. The number of aromatic hydroxyl groups is 2. The minimum absolute atomic E-state index is 0.0845. The van der Waals surface area contributed by atoms with Gasteiger partial charge in [0.05, 0.1) is 4.90 Å². The molecule has 0 spiro atoms. The molecular weight excluding hydrogens is 356 g/mol. The topological polar surface area (TPSA) is 127 Å². The second-order valence-corrected chi connectivity index (χ2v) is 7.27. The third-order valence-corrected chi connectivity index (χ3v) is 5.14. The highest BCUT2D eigenvalue weighted by molar-refractivity contribution is 7.94. The SMILES string of the molecule is N#C/C(=C/c1ccc(O)c(O)c1)C(=O)Nc1ccc2c(c1)S(=O)(=O)C=C2. The van der Waals surface area contributed by atoms with Crippen molar-refractivity contribution in [3.63, 3.8) is 0 Å². The van der Waals surface area contributed by atoms with Crippen molar-refractivity contribution >= 4 is 33.6 Å². The highest BCUT2D eigenvalue weighted by Crippen LogP contribution is 2.29. The number of benzene rings is 2. The molecule has 0 radical (unpaired) electrons. The predicted molar refractivity (Wildman–Crippen MR) is 94.7 cm³/mol. The van der Waals surface area contributed by atoms with Gasteiger partial charge >= 0.3 is 0 Å². The molecule has 0 unspecified atom stereocenters. The third kappa shape index (κ3) is 3.29. The van der Waals surface area contributed by atoms with Crippen molar-refractivity contribution in [2.75, 3.05) is 5.32 Å². The first kappa shape index (κ1) is 17.3. The number of amides is 1. The molecular formula is C18H12N2O5S. The first-order chi connectivity index (χ1) is 12.3. The summed E-state index contributed by atoms with van der Waals surface area (Å²) in [6, 6.07) is 10.0. The second kappa shape index (κ2) is 6.38. The van der Waals surface area contributed by atoms with Crippen LogP contribution in [-0.4, -0.2) is 24.5 Å². The van der Waals surface area contributed by atoms with Crippen molar-refractivity contribution in [2.24, 2.45) is 0 Å². The summed E-state index contributed by atoms with van der Waals surface area (Å²) in [7, 11) is -3.51. The van der Waals surface area contributed by atoms with Crippen LogP contribution in [0.25, 0.3) is 12.2 Å². The van der Waals surface area contributed by atoms with Gasteiger partial charge in [-0.15, -0.1) is 0 Å². The van der Waals surface area contributed by atoms with Gasteiger partial charge in [-0.1, -0.05) is 12.1 Å². The maximum absolute atomic E-state index is 12.3. The van der Waals surface area contributed by atoms with Crippen LogP contribution in [0.2, 0.25) is 0 Å². The van der Waals surface area contributed by atoms with E-state index in [1.165, 1.54) is 42.5 Å². The number of nitrogens with one attached hydrogen (secondary N) is 1. The maximum atomic E-state index is 12.3. The van der Waals surface area contributed by atoms with Gasteiger partial charge in [-0.05, 0) is 47.5 Å². The Balaban J connectivity index is 1.86. The lowest BCUT2D eigenvalue weighted by Gasteiger charge is -2.07. The Morgan fingerprint density at radius 3 is 2.58 bits per heavy atom. The Labute approximate surface area is 149 Å². The van der Waals surface area contributed by atoms with E-state index in [2.05, 4.69) is 5.32 Å². The Morgan fingerprint density at radius 2 is 1.88 bits per heavy atom. The summed E-state index contributed by atoms with van der Waals surface area (Å²) in [5.41, 5.74) is 0.846. The van der Waals surface area contributed by atoms with Crippen LogP contribution in [-0.2, 0) is 14.6 Å². The van der Waals surface area contributed by atoms with Gasteiger partial charge in [-0.3, -0.25) is 4.79 Å². The lowest BCUT2D eigenvalue weighted by atomic mass is 10.1. The Kier molecular flexibility index (Phi) is 4.24. The predicted octanol–water partition coefficient (Wildman–Crippen LogP) is 2.40. The Hall–Kier alpha value is -3.57. The molecule has 0 aromatic heterocycles. The molecule has 8 heteroatoms. The molecule has 3 rings (SSSR count). The fourth-order valence-electron chi connectivity index (χ4n) is 2.38. The standard InChI is InChI=1S/C18H12N2O5S/c19-10-13(7-11-1-4-15(21)16(22)8-11)18(23)20-14-3-2-12-5-6-26(24,25)17(12)9-14/h1-9,21-22H,(H,20,23)/b13-7-. The molecule has 2 aromatic carbocycles. The van der Waals surface area contributed by atoms with E-state index in [-0.39, 0.29) is 27.7 Å². The average Bonchev–Trinajstić information content (AvgIpc) is 2.90. The van der Waals surface area contributed by atoms with Gasteiger partial charge in [0.15, 0.2) is 11.5 Å². The van der Waals surface area contributed by atoms with Crippen molar-refractivity contribution < 1.29 is 23.4 Å². The van der Waals surface area contributed by atoms with Crippen LogP contribution in [0.5, 0.6) is 11.5 Å². The number of phenols is 2. The van der Waals surface area contributed by atoms with E-state index >= 15 is 0 Å². The zero-order valence-electron chi connectivity index (χ0n) is 13.2. The number of carbonyl (C=O) groups is 1. The molecule has 0 atom stereocenters. The summed E-state index contributed by atoms with van der Waals surface area (Å²) in [6.45, 7) is 0. The molecule has 0 saturated heterocycles. The fraction of sp³-hybridized carbons (Fsp3) is 0. The molecule has 1 aliphatic rings. The molecule has 0 saturated carbocycles. The average molecular weight is 368 g/mol. The van der Waals surface area contributed by atoms with Crippen LogP contribution in [0.4, 0.5) is 5.69 Å². The molecule has 1 heterocycles. The van der Waals surface area contributed by atoms with Crippen LogP contribution >= 0.6 is 0 Å². The van der Waals surface area contributed by atoms with Crippen molar-refractivity contribution in [1.29, 1.82) is 5.26 Å². The van der Waals surface area contributed by atoms with Crippen molar-refractivity contribution in [1.82, 2.24) is 0 Å². The lowest BCUT2D eigenvalue weighted by molar-refractivity contribution is -0.112. The highest BCUT2D eigenvalue weighted by atomic mass is 32.2. The summed E-state index contributed by atoms with van der Waals surface area (Å²) in [4.78, 5) is 12.4. The van der Waals surface area contributed by atoms with E-state index < -0.39 is 15.7 Å². The summed E-state index contributed by atoms with van der Waals surface area (Å²) >= 11 is 0. The largest absolute Gasteiger partial charge is 0.504 e. The van der Waals surface area contributed by atoms with Gasteiger partial charge in [-0.2, -0.15) is 5.26 Å². The summed E-state index contributed by atoms with van der Waals surface area (Å²) in [6.07, 6.45) is 2.70. The number of anilines is 1. The number of hydrogen-bond acceptors (Lipinski definition) is 6. The van der Waals surface area contributed by atoms with Crippen LogP contribution in [0.3, 0.4) is 0 Å². The molecule has 130 valence electrons. The summed E-state index contributed by atoms with van der Waals surface area (Å²) in [5, 5.41) is 31.5. The van der Waals surface area contributed by atoms with Gasteiger partial charge in [-0.25, -0.2) is 8.42 Å². The van der Waals surface area contributed by atoms with E-state index in [0.29, 0.717) is 11.1 Å². The lowest BCUT2D eigenvalue weighted by Crippen LogP contribution is -2.13. The van der Waals surface area contributed by atoms with E-state index in [1.54, 1.807) is 12.1 Å². The monoisotopic (exact) mass is 368 g/mol. The van der Waals surface area contributed by atoms with Crippen LogP contribution < -0.4 is 5.32 Å². The third-order valence-electron chi connectivity index (χ3n) is 3.68. The number of fused-ring (bicyclic) bond motifs is 1. The zero-order valence-corrected chi connectivity index (χ0v) is 14.0. The van der Waals surface area contributed by atoms with Gasteiger partial charge < -0.3 is 15.5 Å². The molecule has 0 bridgehead atoms. The number of rotatable bonds is 3. The smallest absolute Gasteiger partial charge is 0.266 e. The minimum atomic E-state index is -3.51. The molecule has 7 nitrogen and oxygen atoms in total.